The summed E-state index contributed by atoms with van der Waals surface area (Å²) < 4.78 is 27.6. The second-order valence-electron chi connectivity index (χ2n) is 3.94. The van der Waals surface area contributed by atoms with Crippen LogP contribution < -0.4 is 5.32 Å². The highest BCUT2D eigenvalue weighted by Crippen LogP contribution is 2.22. The van der Waals surface area contributed by atoms with Crippen molar-refractivity contribution in [3.05, 3.63) is 59.4 Å². The summed E-state index contributed by atoms with van der Waals surface area (Å²) in [5.41, 5.74) is 0.0377. The van der Waals surface area contributed by atoms with Gasteiger partial charge in [0.2, 0.25) is 0 Å². The fourth-order valence-electron chi connectivity index (χ4n) is 1.43. The third-order valence-electron chi connectivity index (χ3n) is 2.35. The number of hydrogen-bond donors (Lipinski definition) is 1. The SMILES string of the molecule is COC(=O)c1ccc(Cl)cc1NC(=O)N=S(=O)=O.c1ccncc1. The van der Waals surface area contributed by atoms with Crippen molar-refractivity contribution in [2.75, 3.05) is 12.4 Å². The van der Waals surface area contributed by atoms with Gasteiger partial charge in [-0.05, 0) is 30.3 Å². The lowest BCUT2D eigenvalue weighted by Gasteiger charge is -2.07. The van der Waals surface area contributed by atoms with Crippen molar-refractivity contribution in [2.45, 2.75) is 0 Å². The minimum Gasteiger partial charge on any atom is -0.465 e. The van der Waals surface area contributed by atoms with Gasteiger partial charge < -0.3 is 10.1 Å². The van der Waals surface area contributed by atoms with Crippen molar-refractivity contribution in [3.8, 4) is 0 Å². The van der Waals surface area contributed by atoms with Crippen molar-refractivity contribution in [3.63, 3.8) is 0 Å². The minimum atomic E-state index is -2.88. The number of anilines is 1. The summed E-state index contributed by atoms with van der Waals surface area (Å²) >= 11 is 5.70. The molecule has 126 valence electrons. The van der Waals surface area contributed by atoms with Crippen LogP contribution in [0.3, 0.4) is 0 Å². The van der Waals surface area contributed by atoms with Gasteiger partial charge in [-0.3, -0.25) is 4.98 Å². The molecule has 0 atom stereocenters. The van der Waals surface area contributed by atoms with Gasteiger partial charge in [-0.25, -0.2) is 9.59 Å². The Balaban J connectivity index is 0.000000400. The predicted molar refractivity (Wildman–Crippen MR) is 87.4 cm³/mol. The molecular formula is C14H12ClN3O5S. The van der Waals surface area contributed by atoms with Crippen LogP contribution in [0, 0.1) is 0 Å². The molecule has 10 heteroatoms. The van der Waals surface area contributed by atoms with E-state index >= 15 is 0 Å². The Bertz CT molecular complexity index is 806. The molecule has 0 aliphatic carbocycles. The van der Waals surface area contributed by atoms with Crippen LogP contribution in [-0.4, -0.2) is 32.5 Å². The van der Waals surface area contributed by atoms with E-state index in [0.29, 0.717) is 0 Å². The highest BCUT2D eigenvalue weighted by molar-refractivity contribution is 7.62. The maximum atomic E-state index is 11.4. The number of ether oxygens (including phenoxy) is 1. The fourth-order valence-corrected chi connectivity index (χ4v) is 1.78. The Kier molecular flexibility index (Phi) is 8.09. The van der Waals surface area contributed by atoms with Gasteiger partial charge in [0.15, 0.2) is 0 Å². The molecule has 0 saturated heterocycles. The van der Waals surface area contributed by atoms with Crippen LogP contribution in [0.25, 0.3) is 0 Å². The number of benzene rings is 1. The number of pyridine rings is 1. The number of halogens is 1. The monoisotopic (exact) mass is 369 g/mol. The second-order valence-corrected chi connectivity index (χ2v) is 5.00. The molecule has 24 heavy (non-hydrogen) atoms. The van der Waals surface area contributed by atoms with E-state index < -0.39 is 22.5 Å². The smallest absolute Gasteiger partial charge is 0.360 e. The molecule has 1 aromatic carbocycles. The summed E-state index contributed by atoms with van der Waals surface area (Å²) in [4.78, 5) is 26.3. The first-order valence-corrected chi connectivity index (χ1v) is 7.70. The van der Waals surface area contributed by atoms with Crippen molar-refractivity contribution >= 4 is 39.8 Å². The van der Waals surface area contributed by atoms with E-state index in [-0.39, 0.29) is 16.3 Å². The summed E-state index contributed by atoms with van der Waals surface area (Å²) in [6.07, 6.45) is 3.50. The first kappa shape index (κ1) is 19.3. The fraction of sp³-hybridized carbons (Fsp3) is 0.0714. The molecule has 1 heterocycles. The van der Waals surface area contributed by atoms with Gasteiger partial charge in [-0.1, -0.05) is 22.0 Å². The molecule has 0 unspecified atom stereocenters. The van der Waals surface area contributed by atoms with Crippen molar-refractivity contribution < 1.29 is 22.7 Å². The molecule has 0 radical (unpaired) electrons. The van der Waals surface area contributed by atoms with Crippen LogP contribution in [0.2, 0.25) is 5.02 Å². The molecule has 1 N–H and O–H groups in total. The summed E-state index contributed by atoms with van der Waals surface area (Å²) in [6.45, 7) is 0. The first-order chi connectivity index (χ1) is 11.4. The number of aromatic nitrogens is 1. The van der Waals surface area contributed by atoms with E-state index in [0.717, 1.165) is 0 Å². The molecule has 8 nitrogen and oxygen atoms in total. The highest BCUT2D eigenvalue weighted by atomic mass is 35.5. The zero-order valence-corrected chi connectivity index (χ0v) is 13.9. The number of methoxy groups -OCH3 is 1. The third kappa shape index (κ3) is 6.99. The molecule has 0 fully saturated rings. The molecule has 0 bridgehead atoms. The molecule has 0 aliphatic rings. The van der Waals surface area contributed by atoms with Crippen LogP contribution in [0.15, 0.2) is 53.2 Å². The zero-order valence-electron chi connectivity index (χ0n) is 12.3. The van der Waals surface area contributed by atoms with Gasteiger partial charge in [-0.2, -0.15) is 8.42 Å². The van der Waals surface area contributed by atoms with Crippen LogP contribution in [-0.2, 0) is 15.2 Å². The number of rotatable bonds is 2. The normalized spacial score (nSPS) is 9.08. The van der Waals surface area contributed by atoms with Crippen LogP contribution in [0.5, 0.6) is 0 Å². The Hall–Kier alpha value is -2.78. The minimum absolute atomic E-state index is 0.00792. The number of carbonyl (C=O) groups excluding carboxylic acids is 2. The van der Waals surface area contributed by atoms with E-state index in [2.05, 4.69) is 19.4 Å². The lowest BCUT2D eigenvalue weighted by molar-refractivity contribution is 0.0602. The zero-order chi connectivity index (χ0) is 17.9. The average Bonchev–Trinajstić information content (AvgIpc) is 2.55. The average molecular weight is 370 g/mol. The number of esters is 1. The van der Waals surface area contributed by atoms with Crippen molar-refractivity contribution in [1.82, 2.24) is 4.98 Å². The summed E-state index contributed by atoms with van der Waals surface area (Å²) in [5, 5.41) is 2.37. The summed E-state index contributed by atoms with van der Waals surface area (Å²) in [6, 6.07) is 8.60. The highest BCUT2D eigenvalue weighted by Gasteiger charge is 2.14. The van der Waals surface area contributed by atoms with Gasteiger partial charge in [-0.15, -0.1) is 0 Å². The number of nitrogens with one attached hydrogen (secondary N) is 1. The molecule has 2 aromatic rings. The van der Waals surface area contributed by atoms with E-state index in [9.17, 15) is 18.0 Å². The topological polar surface area (TPSA) is 115 Å². The number of urea groups is 1. The second kappa shape index (κ2) is 10.1. The molecule has 2 amide bonds. The Labute approximate surface area is 144 Å². The van der Waals surface area contributed by atoms with Crippen molar-refractivity contribution in [2.24, 2.45) is 4.36 Å². The van der Waals surface area contributed by atoms with E-state index in [1.807, 2.05) is 18.2 Å². The van der Waals surface area contributed by atoms with E-state index in [1.54, 1.807) is 12.4 Å². The first-order valence-electron chi connectivity index (χ1n) is 6.29. The van der Waals surface area contributed by atoms with Gasteiger partial charge in [0.1, 0.15) is 0 Å². The molecule has 2 rings (SSSR count). The Morgan fingerprint density at radius 3 is 2.33 bits per heavy atom. The largest absolute Gasteiger partial charge is 0.465 e. The maximum absolute atomic E-state index is 11.4. The van der Waals surface area contributed by atoms with Gasteiger partial charge in [0, 0.05) is 17.4 Å². The molecule has 0 spiro atoms. The van der Waals surface area contributed by atoms with Crippen LogP contribution in [0.1, 0.15) is 10.4 Å². The number of carbonyl (C=O) groups is 2. The van der Waals surface area contributed by atoms with E-state index in [4.69, 9.17) is 11.6 Å². The molecule has 0 aliphatic heterocycles. The lowest BCUT2D eigenvalue weighted by Crippen LogP contribution is -2.11. The number of hydrogen-bond acceptors (Lipinski definition) is 6. The van der Waals surface area contributed by atoms with Gasteiger partial charge >= 0.3 is 22.5 Å². The quantitative estimate of drug-likeness (QED) is 0.814. The Morgan fingerprint density at radius 2 is 1.88 bits per heavy atom. The van der Waals surface area contributed by atoms with Gasteiger partial charge in [0.05, 0.1) is 18.4 Å². The predicted octanol–water partition coefficient (Wildman–Crippen LogP) is 2.80. The summed E-state index contributed by atoms with van der Waals surface area (Å²) in [5.74, 6) is -0.704. The standard InChI is InChI=1S/C9H7ClN2O5S.C5H5N/c1-17-8(13)6-3-2-5(10)4-7(6)11-9(14)12-18(15)16;1-2-4-6-5-3-1/h2-4H,1H3,(H,11,14);1-5H. The molecule has 1 aromatic heterocycles. The molecule has 0 saturated carbocycles. The Morgan fingerprint density at radius 1 is 1.21 bits per heavy atom. The van der Waals surface area contributed by atoms with Crippen LogP contribution >= 0.6 is 11.6 Å². The maximum Gasteiger partial charge on any atom is 0.360 e. The molecular weight excluding hydrogens is 358 g/mol. The van der Waals surface area contributed by atoms with Gasteiger partial charge in [0.25, 0.3) is 0 Å². The number of nitrogens with zero attached hydrogens (tertiary/aromatic N) is 2. The van der Waals surface area contributed by atoms with Crippen LogP contribution in [0.4, 0.5) is 10.5 Å². The lowest BCUT2D eigenvalue weighted by atomic mass is 10.2. The van der Waals surface area contributed by atoms with Crippen molar-refractivity contribution in [1.29, 1.82) is 0 Å². The van der Waals surface area contributed by atoms with E-state index in [1.165, 1.54) is 25.3 Å². The summed E-state index contributed by atoms with van der Waals surface area (Å²) in [7, 11) is -1.71. The third-order valence-corrected chi connectivity index (χ3v) is 2.90. The number of amides is 2.